The van der Waals surface area contributed by atoms with Crippen LogP contribution in [0.3, 0.4) is 0 Å². The Morgan fingerprint density at radius 2 is 1.56 bits per heavy atom. The van der Waals surface area contributed by atoms with E-state index in [9.17, 15) is 39.5 Å². The molecule has 15 nitrogen and oxygen atoms in total. The maximum atomic E-state index is 13.9. The van der Waals surface area contributed by atoms with Gasteiger partial charge in [-0.15, -0.1) is 0 Å². The number of nitrogens with zero attached hydrogens (tertiary/aromatic N) is 3. The van der Waals surface area contributed by atoms with Gasteiger partial charge in [-0.3, -0.25) is 29.6 Å². The summed E-state index contributed by atoms with van der Waals surface area (Å²) in [5.74, 6) is -2.92. The highest BCUT2D eigenvalue weighted by atomic mass is 16.5. The second kappa shape index (κ2) is 26.6. The zero-order valence-electron chi connectivity index (χ0n) is 34.1. The minimum atomic E-state index is -1.13. The van der Waals surface area contributed by atoms with Crippen molar-refractivity contribution in [2.24, 2.45) is 10.9 Å². The lowest BCUT2D eigenvalue weighted by Gasteiger charge is -2.28. The van der Waals surface area contributed by atoms with E-state index in [-0.39, 0.29) is 44.2 Å². The molecule has 0 spiro atoms. The molecule has 0 bridgehead atoms. The number of nitrogens with one attached hydrogen (secondary N) is 2. The van der Waals surface area contributed by atoms with E-state index in [1.54, 1.807) is 19.1 Å². The molecule has 5 N–H and O–H groups in total. The lowest BCUT2D eigenvalue weighted by molar-refractivity contribution is -0.167. The smallest absolute Gasteiger partial charge is 0.328 e. The molecule has 0 saturated carbocycles. The monoisotopic (exact) mass is 801 g/mol. The molecule has 2 aliphatic heterocycles. The number of ether oxygens (including phenoxy) is 2. The zero-order chi connectivity index (χ0) is 41.4. The van der Waals surface area contributed by atoms with Crippen molar-refractivity contribution in [3.8, 4) is 5.75 Å². The Balaban J connectivity index is 1.65. The van der Waals surface area contributed by atoms with Gasteiger partial charge in [-0.25, -0.2) is 19.9 Å². The molecule has 0 radical (unpaired) electrons. The summed E-state index contributed by atoms with van der Waals surface area (Å²) in [5.41, 5.74) is 0.573. The van der Waals surface area contributed by atoms with Gasteiger partial charge in [-0.05, 0) is 75.6 Å². The quantitative estimate of drug-likeness (QED) is 0.0221. The highest BCUT2D eigenvalue weighted by Gasteiger charge is 2.36. The molecule has 3 rings (SSSR count). The van der Waals surface area contributed by atoms with E-state index in [0.29, 0.717) is 60.6 Å². The molecule has 0 aliphatic carbocycles. The molecule has 0 aromatic heterocycles. The summed E-state index contributed by atoms with van der Waals surface area (Å²) in [6.07, 6.45) is 17.4. The molecule has 5 atom stereocenters. The van der Waals surface area contributed by atoms with Crippen LogP contribution in [0.2, 0.25) is 0 Å². The number of esters is 1. The lowest BCUT2D eigenvalue weighted by atomic mass is 9.96. The highest BCUT2D eigenvalue weighted by Crippen LogP contribution is 2.22. The van der Waals surface area contributed by atoms with Crippen LogP contribution in [0.15, 0.2) is 29.3 Å². The van der Waals surface area contributed by atoms with Gasteiger partial charge in [0.05, 0.1) is 5.92 Å². The normalized spacial score (nSPS) is 18.4. The molecule has 1 saturated heterocycles. The van der Waals surface area contributed by atoms with Crippen molar-refractivity contribution in [2.75, 3.05) is 19.7 Å². The van der Waals surface area contributed by atoms with Crippen LogP contribution in [0, 0.1) is 5.92 Å². The Morgan fingerprint density at radius 1 is 0.947 bits per heavy atom. The van der Waals surface area contributed by atoms with Crippen LogP contribution in [0.1, 0.15) is 148 Å². The number of carbonyl (C=O) groups is 5. The largest absolute Gasteiger partial charge is 0.508 e. The molecule has 1 aromatic carbocycles. The predicted molar refractivity (Wildman–Crippen MR) is 213 cm³/mol. The number of phenols is 1. The molecule has 57 heavy (non-hydrogen) atoms. The van der Waals surface area contributed by atoms with Crippen molar-refractivity contribution in [3.63, 3.8) is 0 Å². The Hall–Kier alpha value is -4.24. The first kappa shape index (κ1) is 47.1. The van der Waals surface area contributed by atoms with Crippen molar-refractivity contribution in [1.82, 2.24) is 20.8 Å². The Bertz CT molecular complexity index is 1410. The summed E-state index contributed by atoms with van der Waals surface area (Å²) in [6.45, 7) is 4.03. The van der Waals surface area contributed by atoms with Gasteiger partial charge < -0.3 is 25.2 Å². The van der Waals surface area contributed by atoms with Crippen LogP contribution in [-0.2, 0) is 33.4 Å². The van der Waals surface area contributed by atoms with E-state index < -0.39 is 53.8 Å². The number of aliphatic imine (C=N–C) groups is 1. The van der Waals surface area contributed by atoms with Gasteiger partial charge in [-0.2, -0.15) is 0 Å². The van der Waals surface area contributed by atoms with Crippen LogP contribution in [-0.4, -0.2) is 106 Å². The highest BCUT2D eigenvalue weighted by molar-refractivity contribution is 5.99. The predicted octanol–water partition coefficient (Wildman–Crippen LogP) is 5.96. The van der Waals surface area contributed by atoms with Crippen LogP contribution >= 0.6 is 0 Å². The van der Waals surface area contributed by atoms with Gasteiger partial charge in [0.25, 0.3) is 5.91 Å². The van der Waals surface area contributed by atoms with Gasteiger partial charge in [0.2, 0.25) is 24.1 Å². The molecular weight excluding hydrogens is 734 g/mol. The summed E-state index contributed by atoms with van der Waals surface area (Å²) in [7, 11) is 0. The minimum absolute atomic E-state index is 0.0278. The first-order valence-electron chi connectivity index (χ1n) is 21.3. The number of hydroxylamine groups is 4. The Labute approximate surface area is 337 Å². The van der Waals surface area contributed by atoms with Crippen LogP contribution in [0.5, 0.6) is 5.75 Å². The number of amides is 4. The fourth-order valence-corrected chi connectivity index (χ4v) is 7.10. The van der Waals surface area contributed by atoms with Crippen LogP contribution in [0.25, 0.3) is 0 Å². The molecule has 2 unspecified atom stereocenters. The molecule has 1 aromatic rings. The molecule has 1 fully saturated rings. The van der Waals surface area contributed by atoms with E-state index in [0.717, 1.165) is 25.7 Å². The molecular formula is C42H67N5O10. The first-order valence-corrected chi connectivity index (χ1v) is 21.3. The fourth-order valence-electron chi connectivity index (χ4n) is 7.10. The van der Waals surface area contributed by atoms with Gasteiger partial charge in [-0.1, -0.05) is 90.9 Å². The van der Waals surface area contributed by atoms with Crippen molar-refractivity contribution in [3.05, 3.63) is 29.8 Å². The van der Waals surface area contributed by atoms with Crippen LogP contribution < -0.4 is 10.6 Å². The minimum Gasteiger partial charge on any atom is -0.508 e. The summed E-state index contributed by atoms with van der Waals surface area (Å²) in [4.78, 5) is 69.0. The van der Waals surface area contributed by atoms with Crippen LogP contribution in [0.4, 0.5) is 0 Å². The average Bonchev–Trinajstić information content (AvgIpc) is 3.65. The lowest BCUT2D eigenvalue weighted by Crippen LogP contribution is -2.51. The van der Waals surface area contributed by atoms with Crippen molar-refractivity contribution in [2.45, 2.75) is 166 Å². The maximum absolute atomic E-state index is 13.9. The summed E-state index contributed by atoms with van der Waals surface area (Å²) < 4.78 is 11.7. The second-order valence-electron chi connectivity index (χ2n) is 15.4. The standard InChI is InChI=1S/C42H67N5O10/c1-3-4-5-6-7-8-9-10-11-12-13-14-15-22-37(31(2)38(50)43-34-20-17-19-28-47(55)41(34)52)57-42(53)35(21-16-18-27-46(54)30-48)44-39(51)36-29-56-40(45-36)32-23-25-33(49)26-24-32/h23-26,30-31,34-37,49,54-55H,3-22,27-29H2,1-2H3,(H,43,50)(H,44,51)/t31?,34-,35-,36-,37?/m1/s1. The van der Waals surface area contributed by atoms with E-state index in [1.807, 2.05) is 0 Å². The third kappa shape index (κ3) is 17.4. The van der Waals surface area contributed by atoms with Crippen molar-refractivity contribution < 1.29 is 49.0 Å². The number of benzene rings is 1. The second-order valence-corrected chi connectivity index (χ2v) is 15.4. The number of rotatable bonds is 28. The number of carbonyl (C=O) groups excluding carboxylic acids is 5. The SMILES string of the molecule is CCCCCCCCCCCCCCCC(OC(=O)[C@@H](CCCCN(O)C=O)NC(=O)[C@H]1COC(c2ccc(O)cc2)=N1)C(C)C(=O)N[C@@H]1CCCCN(O)C1=O. The molecule has 2 aliphatic rings. The van der Waals surface area contributed by atoms with Gasteiger partial charge >= 0.3 is 5.97 Å². The maximum Gasteiger partial charge on any atom is 0.328 e. The molecule has 4 amide bonds. The van der Waals surface area contributed by atoms with Gasteiger partial charge in [0.15, 0.2) is 6.04 Å². The third-order valence-electron chi connectivity index (χ3n) is 10.7. The van der Waals surface area contributed by atoms with Crippen molar-refractivity contribution >= 4 is 36.0 Å². The summed E-state index contributed by atoms with van der Waals surface area (Å²) in [6, 6.07) is 3.18. The van der Waals surface area contributed by atoms with Crippen molar-refractivity contribution in [1.29, 1.82) is 0 Å². The van der Waals surface area contributed by atoms with Gasteiger partial charge in [0.1, 0.15) is 30.5 Å². The molecule has 2 heterocycles. The number of hydrogen-bond acceptors (Lipinski definition) is 11. The van der Waals surface area contributed by atoms with E-state index in [1.165, 1.54) is 63.5 Å². The van der Waals surface area contributed by atoms with E-state index in [2.05, 4.69) is 22.5 Å². The topological polar surface area (TPSA) is 207 Å². The molecule has 320 valence electrons. The number of hydrogen-bond donors (Lipinski definition) is 5. The zero-order valence-corrected chi connectivity index (χ0v) is 34.1. The van der Waals surface area contributed by atoms with E-state index >= 15 is 0 Å². The summed E-state index contributed by atoms with van der Waals surface area (Å²) in [5, 5.41) is 35.9. The Morgan fingerprint density at radius 3 is 2.19 bits per heavy atom. The van der Waals surface area contributed by atoms with E-state index in [4.69, 9.17) is 9.47 Å². The number of unbranched alkanes of at least 4 members (excludes halogenated alkanes) is 13. The average molecular weight is 802 g/mol. The first-order chi connectivity index (χ1) is 27.5. The third-order valence-corrected chi connectivity index (χ3v) is 10.7. The Kier molecular flexibility index (Phi) is 22.0. The number of aromatic hydroxyl groups is 1. The summed E-state index contributed by atoms with van der Waals surface area (Å²) >= 11 is 0. The molecule has 15 heteroatoms. The number of phenolic OH excluding ortho intramolecular Hbond substituents is 1. The van der Waals surface area contributed by atoms with Gasteiger partial charge in [0, 0.05) is 18.7 Å². The fraction of sp³-hybridized carbons (Fsp3) is 0.714.